The summed E-state index contributed by atoms with van der Waals surface area (Å²) in [6.45, 7) is 0.619. The van der Waals surface area contributed by atoms with Crippen LogP contribution < -0.4 is 10.2 Å². The lowest BCUT2D eigenvalue weighted by molar-refractivity contribution is 0.139. The van der Waals surface area contributed by atoms with E-state index in [0.717, 1.165) is 5.69 Å². The highest BCUT2D eigenvalue weighted by Crippen LogP contribution is 2.22. The van der Waals surface area contributed by atoms with Crippen molar-refractivity contribution < 1.29 is 9.90 Å². The van der Waals surface area contributed by atoms with E-state index in [9.17, 15) is 9.90 Å². The molecule has 23 heavy (non-hydrogen) atoms. The number of anilines is 2. The molecule has 1 aliphatic rings. The van der Waals surface area contributed by atoms with Gasteiger partial charge in [-0.05, 0) is 6.07 Å². The second-order valence-corrected chi connectivity index (χ2v) is 5.68. The lowest BCUT2D eigenvalue weighted by atomic mass is 10.2. The number of amides is 2. The Labute approximate surface area is 133 Å². The Kier molecular flexibility index (Phi) is 4.11. The molecule has 1 aliphatic heterocycles. The van der Waals surface area contributed by atoms with Crippen LogP contribution >= 0.6 is 0 Å². The first-order valence-electron chi connectivity index (χ1n) is 7.27. The minimum atomic E-state index is -0.673. The van der Waals surface area contributed by atoms with Crippen LogP contribution in [0.2, 0.25) is 0 Å². The summed E-state index contributed by atoms with van der Waals surface area (Å²) in [5.41, 5.74) is 1.50. The lowest BCUT2D eigenvalue weighted by Crippen LogP contribution is -2.33. The maximum absolute atomic E-state index is 12.4. The third kappa shape index (κ3) is 3.24. The highest BCUT2D eigenvalue weighted by atomic mass is 16.3. The number of nitrogens with zero attached hydrogens (tertiary/aromatic N) is 6. The molecule has 0 saturated carbocycles. The molecule has 2 atom stereocenters. The average Bonchev–Trinajstić information content (AvgIpc) is 3.16. The molecule has 2 amide bonds. The monoisotopic (exact) mass is 317 g/mol. The van der Waals surface area contributed by atoms with Crippen molar-refractivity contribution in [3.8, 4) is 0 Å². The van der Waals surface area contributed by atoms with Gasteiger partial charge in [-0.25, -0.2) is 9.48 Å². The number of aliphatic hydroxyl groups is 1. The number of hydrogen-bond acceptors (Lipinski definition) is 6. The van der Waals surface area contributed by atoms with Crippen LogP contribution in [-0.2, 0) is 0 Å². The fourth-order valence-electron chi connectivity index (χ4n) is 2.53. The summed E-state index contributed by atoms with van der Waals surface area (Å²) >= 11 is 0. The first-order valence-corrected chi connectivity index (χ1v) is 7.27. The molecule has 9 nitrogen and oxygen atoms in total. The standard InChI is InChI=1S/C14H19N7O2/c1-19(2)11-5-10(6-15-7-11)17-14(23)20-8-12(13(22)9-20)21-4-3-16-18-21/h3-7,12-13,22H,8-9H2,1-2H3,(H,17,23)/t12-,13-/m1/s1. The van der Waals surface area contributed by atoms with Crippen LogP contribution in [0, 0.1) is 0 Å². The van der Waals surface area contributed by atoms with E-state index >= 15 is 0 Å². The molecule has 0 aromatic carbocycles. The molecular weight excluding hydrogens is 298 g/mol. The molecule has 1 saturated heterocycles. The molecule has 2 N–H and O–H groups in total. The molecular formula is C14H19N7O2. The third-order valence-corrected chi connectivity index (χ3v) is 3.82. The molecule has 0 unspecified atom stereocenters. The van der Waals surface area contributed by atoms with Gasteiger partial charge in [-0.1, -0.05) is 5.21 Å². The zero-order valence-electron chi connectivity index (χ0n) is 13.0. The van der Waals surface area contributed by atoms with E-state index in [4.69, 9.17) is 0 Å². The topological polar surface area (TPSA) is 99.4 Å². The zero-order valence-corrected chi connectivity index (χ0v) is 13.0. The van der Waals surface area contributed by atoms with E-state index in [0.29, 0.717) is 12.2 Å². The molecule has 3 rings (SSSR count). The zero-order chi connectivity index (χ0) is 16.4. The molecule has 2 aromatic heterocycles. The maximum Gasteiger partial charge on any atom is 0.322 e. The van der Waals surface area contributed by atoms with E-state index in [1.54, 1.807) is 34.4 Å². The van der Waals surface area contributed by atoms with Crippen molar-refractivity contribution in [2.75, 3.05) is 37.4 Å². The fraction of sp³-hybridized carbons (Fsp3) is 0.429. The Hall–Kier alpha value is -2.68. The summed E-state index contributed by atoms with van der Waals surface area (Å²) < 4.78 is 1.58. The van der Waals surface area contributed by atoms with Gasteiger partial charge in [0.05, 0.1) is 48.7 Å². The molecule has 122 valence electrons. The van der Waals surface area contributed by atoms with Crippen molar-refractivity contribution in [1.29, 1.82) is 0 Å². The molecule has 3 heterocycles. The Morgan fingerprint density at radius 1 is 1.39 bits per heavy atom. The van der Waals surface area contributed by atoms with E-state index in [-0.39, 0.29) is 18.6 Å². The van der Waals surface area contributed by atoms with E-state index < -0.39 is 6.10 Å². The van der Waals surface area contributed by atoms with Gasteiger partial charge in [0.2, 0.25) is 0 Å². The number of β-amino-alcohol motifs (C(OH)–C–C–N with tert-alkyl or cyclic N) is 1. The highest BCUT2D eigenvalue weighted by Gasteiger charge is 2.35. The molecule has 9 heteroatoms. The minimum absolute atomic E-state index is 0.247. The largest absolute Gasteiger partial charge is 0.389 e. The van der Waals surface area contributed by atoms with Crippen molar-refractivity contribution in [1.82, 2.24) is 24.9 Å². The van der Waals surface area contributed by atoms with Crippen LogP contribution in [0.4, 0.5) is 16.2 Å². The second-order valence-electron chi connectivity index (χ2n) is 5.68. The molecule has 0 spiro atoms. The maximum atomic E-state index is 12.4. The normalized spacial score (nSPS) is 20.6. The second kappa shape index (κ2) is 6.21. The van der Waals surface area contributed by atoms with Crippen molar-refractivity contribution in [2.24, 2.45) is 0 Å². The summed E-state index contributed by atoms with van der Waals surface area (Å²) in [6, 6.07) is 1.28. The first-order chi connectivity index (χ1) is 11.0. The molecule has 0 aliphatic carbocycles. The fourth-order valence-corrected chi connectivity index (χ4v) is 2.53. The van der Waals surface area contributed by atoms with Crippen LogP contribution in [0.1, 0.15) is 6.04 Å². The van der Waals surface area contributed by atoms with Gasteiger partial charge in [-0.2, -0.15) is 0 Å². The summed E-state index contributed by atoms with van der Waals surface area (Å²) in [5, 5.41) is 20.6. The van der Waals surface area contributed by atoms with E-state index in [1.165, 1.54) is 0 Å². The van der Waals surface area contributed by atoms with Gasteiger partial charge in [0.1, 0.15) is 0 Å². The van der Waals surface area contributed by atoms with Crippen LogP contribution in [-0.4, -0.2) is 69.3 Å². The number of pyridine rings is 1. The highest BCUT2D eigenvalue weighted by molar-refractivity contribution is 5.89. The number of carbonyl (C=O) groups is 1. The number of nitrogens with one attached hydrogen (secondary N) is 1. The Morgan fingerprint density at radius 3 is 2.91 bits per heavy atom. The summed E-state index contributed by atoms with van der Waals surface area (Å²) in [6.07, 6.45) is 5.87. The van der Waals surface area contributed by atoms with Gasteiger partial charge < -0.3 is 20.2 Å². The van der Waals surface area contributed by atoms with Crippen molar-refractivity contribution in [3.05, 3.63) is 30.9 Å². The van der Waals surface area contributed by atoms with Crippen molar-refractivity contribution in [2.45, 2.75) is 12.1 Å². The summed E-state index contributed by atoms with van der Waals surface area (Å²) in [4.78, 5) is 19.9. The van der Waals surface area contributed by atoms with E-state index in [2.05, 4.69) is 20.6 Å². The van der Waals surface area contributed by atoms with Gasteiger partial charge >= 0.3 is 6.03 Å². The number of aromatic nitrogens is 4. The number of hydrogen-bond donors (Lipinski definition) is 2. The van der Waals surface area contributed by atoms with E-state index in [1.807, 2.05) is 25.1 Å². The third-order valence-electron chi connectivity index (χ3n) is 3.82. The number of urea groups is 1. The molecule has 0 bridgehead atoms. The number of likely N-dealkylation sites (tertiary alicyclic amines) is 1. The quantitative estimate of drug-likeness (QED) is 0.838. The van der Waals surface area contributed by atoms with Crippen LogP contribution in [0.15, 0.2) is 30.9 Å². The summed E-state index contributed by atoms with van der Waals surface area (Å²) in [5.74, 6) is 0. The lowest BCUT2D eigenvalue weighted by Gasteiger charge is -2.18. The average molecular weight is 317 g/mol. The molecule has 2 aromatic rings. The van der Waals surface area contributed by atoms with Crippen molar-refractivity contribution >= 4 is 17.4 Å². The Morgan fingerprint density at radius 2 is 2.22 bits per heavy atom. The molecule has 0 radical (unpaired) electrons. The molecule has 1 fully saturated rings. The Balaban J connectivity index is 1.66. The SMILES string of the molecule is CN(C)c1cncc(NC(=O)N2C[C@@H](O)[C@H](n3ccnn3)C2)c1. The van der Waals surface area contributed by atoms with Gasteiger partial charge in [-0.3, -0.25) is 4.98 Å². The predicted octanol–water partition coefficient (Wildman–Crippen LogP) is 0.189. The van der Waals surface area contributed by atoms with Crippen LogP contribution in [0.25, 0.3) is 0 Å². The van der Waals surface area contributed by atoms with Gasteiger partial charge in [0.15, 0.2) is 0 Å². The smallest absolute Gasteiger partial charge is 0.322 e. The Bertz CT molecular complexity index is 674. The number of carbonyl (C=O) groups excluding carboxylic acids is 1. The summed E-state index contributed by atoms with van der Waals surface area (Å²) in [7, 11) is 3.81. The van der Waals surface area contributed by atoms with Crippen molar-refractivity contribution in [3.63, 3.8) is 0 Å². The van der Waals surface area contributed by atoms with Gasteiger partial charge in [-0.15, -0.1) is 5.10 Å². The number of aliphatic hydroxyl groups excluding tert-OH is 1. The number of rotatable bonds is 3. The van der Waals surface area contributed by atoms with Gasteiger partial charge in [0, 0.05) is 26.8 Å². The van der Waals surface area contributed by atoms with Crippen LogP contribution in [0.3, 0.4) is 0 Å². The van der Waals surface area contributed by atoms with Crippen LogP contribution in [0.5, 0.6) is 0 Å². The predicted molar refractivity (Wildman–Crippen MR) is 84.2 cm³/mol. The first kappa shape index (κ1) is 15.2. The minimum Gasteiger partial charge on any atom is -0.389 e. The van der Waals surface area contributed by atoms with Gasteiger partial charge in [0.25, 0.3) is 0 Å².